The first-order valence-electron chi connectivity index (χ1n) is 15.4. The summed E-state index contributed by atoms with van der Waals surface area (Å²) in [4.78, 5) is 1.38. The molecule has 8 rings (SSSR count). The van der Waals surface area contributed by atoms with Crippen LogP contribution in [0.15, 0.2) is 140 Å². The number of benzene rings is 5. The third-order valence-corrected chi connectivity index (χ3v) is 11.2. The fourth-order valence-corrected chi connectivity index (χ4v) is 9.08. The van der Waals surface area contributed by atoms with E-state index in [2.05, 4.69) is 147 Å². The molecule has 5 aromatic carbocycles. The third-order valence-electron chi connectivity index (χ3n) is 9.81. The maximum atomic E-state index is 4.61. The molecule has 1 aromatic heterocycles. The van der Waals surface area contributed by atoms with E-state index in [0.717, 1.165) is 12.8 Å². The number of rotatable bonds is 5. The Morgan fingerprint density at radius 1 is 0.674 bits per heavy atom. The van der Waals surface area contributed by atoms with Crippen LogP contribution in [0.3, 0.4) is 0 Å². The summed E-state index contributed by atoms with van der Waals surface area (Å²) in [6.07, 6.45) is 8.11. The smallest absolute Gasteiger partial charge is 0.0713 e. The minimum absolute atomic E-state index is 0.363. The number of hydrogen-bond donors (Lipinski definition) is 0. The number of fused-ring (bicyclic) bond motifs is 4. The molecule has 0 nitrogen and oxygen atoms in total. The van der Waals surface area contributed by atoms with E-state index in [4.69, 9.17) is 0 Å². The highest BCUT2D eigenvalue weighted by Crippen LogP contribution is 2.56. The van der Waals surface area contributed by atoms with Gasteiger partial charge in [-0.25, -0.2) is 0 Å². The van der Waals surface area contributed by atoms with Crippen molar-refractivity contribution in [3.05, 3.63) is 173 Å². The Hall–Kier alpha value is -4.46. The highest BCUT2D eigenvalue weighted by atomic mass is 32.1. The summed E-state index contributed by atoms with van der Waals surface area (Å²) in [5.41, 5.74) is 12.9. The normalized spacial score (nSPS) is 16.6. The predicted molar refractivity (Wildman–Crippen MR) is 185 cm³/mol. The molecule has 208 valence electrons. The monoisotopic (exact) mass is 570 g/mol. The lowest BCUT2D eigenvalue weighted by atomic mass is 9.67. The van der Waals surface area contributed by atoms with Crippen LogP contribution in [0.5, 0.6) is 0 Å². The van der Waals surface area contributed by atoms with Crippen LogP contribution in [-0.2, 0) is 5.41 Å². The van der Waals surface area contributed by atoms with Gasteiger partial charge < -0.3 is 0 Å². The summed E-state index contributed by atoms with van der Waals surface area (Å²) in [6.45, 7) is 6.89. The van der Waals surface area contributed by atoms with Gasteiger partial charge in [-0.3, -0.25) is 0 Å². The van der Waals surface area contributed by atoms with Gasteiger partial charge in [-0.05, 0) is 93.1 Å². The molecule has 1 heterocycles. The molecular weight excluding hydrogens is 537 g/mol. The van der Waals surface area contributed by atoms with E-state index in [1.807, 2.05) is 11.3 Å². The van der Waals surface area contributed by atoms with Gasteiger partial charge in [-0.2, -0.15) is 0 Å². The van der Waals surface area contributed by atoms with Crippen molar-refractivity contribution < 1.29 is 0 Å². The van der Waals surface area contributed by atoms with Gasteiger partial charge in [0.2, 0.25) is 0 Å². The SMILES string of the molecule is C=C(c1sc2c(-c3ccc(C4(c5ccccc5)c5ccccc5-c5ccccc54)cc3)cccc2c1C)C1CC=CCC1. The fraction of sp³-hybridized carbons (Fsp3) is 0.143. The average molecular weight is 571 g/mol. The first kappa shape index (κ1) is 26.2. The lowest BCUT2D eigenvalue weighted by molar-refractivity contribution is 0.601. The van der Waals surface area contributed by atoms with Crippen molar-refractivity contribution in [1.29, 1.82) is 0 Å². The Morgan fingerprint density at radius 3 is 1.98 bits per heavy atom. The zero-order valence-electron chi connectivity index (χ0n) is 24.5. The van der Waals surface area contributed by atoms with Crippen molar-refractivity contribution in [2.24, 2.45) is 5.92 Å². The second-order valence-electron chi connectivity index (χ2n) is 12.0. The standard InChI is InChI=1S/C42H34S/c1-28(30-14-5-3-6-15-30)40-29(2)34-20-13-21-35(41(34)43-40)31-24-26-33(27-25-31)42(32-16-7-4-8-17-32)38-22-11-9-18-36(38)37-19-10-12-23-39(37)42/h3-5,7-13,16-27,30H,1,6,14-15H2,2H3. The lowest BCUT2D eigenvalue weighted by Crippen LogP contribution is -2.28. The summed E-state index contributed by atoms with van der Waals surface area (Å²) in [7, 11) is 0. The maximum absolute atomic E-state index is 4.61. The molecular formula is C42H34S. The highest BCUT2D eigenvalue weighted by Gasteiger charge is 2.45. The van der Waals surface area contributed by atoms with E-state index in [0.29, 0.717) is 5.92 Å². The van der Waals surface area contributed by atoms with Crippen molar-refractivity contribution in [1.82, 2.24) is 0 Å². The van der Waals surface area contributed by atoms with Gasteiger partial charge in [0.05, 0.1) is 5.41 Å². The van der Waals surface area contributed by atoms with Crippen molar-refractivity contribution in [3.63, 3.8) is 0 Å². The molecule has 0 amide bonds. The fourth-order valence-electron chi connectivity index (χ4n) is 7.68. The number of thiophene rings is 1. The van der Waals surface area contributed by atoms with Gasteiger partial charge in [0, 0.05) is 9.58 Å². The minimum atomic E-state index is -0.363. The summed E-state index contributed by atoms with van der Waals surface area (Å²) < 4.78 is 1.37. The zero-order valence-corrected chi connectivity index (χ0v) is 25.3. The van der Waals surface area contributed by atoms with Crippen LogP contribution >= 0.6 is 11.3 Å². The van der Waals surface area contributed by atoms with Crippen LogP contribution < -0.4 is 0 Å². The third kappa shape index (κ3) is 3.95. The van der Waals surface area contributed by atoms with Crippen molar-refractivity contribution in [3.8, 4) is 22.3 Å². The van der Waals surface area contributed by atoms with E-state index in [9.17, 15) is 0 Å². The first-order valence-corrected chi connectivity index (χ1v) is 16.2. The van der Waals surface area contributed by atoms with Crippen LogP contribution in [0.2, 0.25) is 0 Å². The summed E-state index contributed by atoms with van der Waals surface area (Å²) in [5.74, 6) is 0.547. The van der Waals surface area contributed by atoms with E-state index >= 15 is 0 Å². The molecule has 0 spiro atoms. The molecule has 0 radical (unpaired) electrons. The molecule has 1 atom stereocenters. The van der Waals surface area contributed by atoms with E-state index in [-0.39, 0.29) is 5.41 Å². The molecule has 0 fully saturated rings. The molecule has 1 heteroatoms. The van der Waals surface area contributed by atoms with Crippen molar-refractivity contribution >= 4 is 27.0 Å². The number of aryl methyl sites for hydroxylation is 1. The molecule has 0 saturated carbocycles. The second-order valence-corrected chi connectivity index (χ2v) is 13.1. The molecule has 1 unspecified atom stereocenters. The summed E-state index contributed by atoms with van der Waals surface area (Å²) in [6, 6.07) is 45.2. The predicted octanol–water partition coefficient (Wildman–Crippen LogP) is 11.6. The van der Waals surface area contributed by atoms with Crippen LogP contribution in [0.1, 0.15) is 52.0 Å². The Balaban J connectivity index is 1.27. The largest absolute Gasteiger partial charge is 0.135 e. The first-order chi connectivity index (χ1) is 21.2. The van der Waals surface area contributed by atoms with Gasteiger partial charge >= 0.3 is 0 Å². The van der Waals surface area contributed by atoms with E-state index in [1.165, 1.54) is 77.0 Å². The van der Waals surface area contributed by atoms with Crippen LogP contribution in [0.25, 0.3) is 37.9 Å². The molecule has 0 bridgehead atoms. The Bertz CT molecular complexity index is 1970. The molecule has 0 aliphatic heterocycles. The Morgan fingerprint density at radius 2 is 1.30 bits per heavy atom. The van der Waals surface area contributed by atoms with Gasteiger partial charge in [0.1, 0.15) is 0 Å². The van der Waals surface area contributed by atoms with E-state index in [1.54, 1.807) is 0 Å². The van der Waals surface area contributed by atoms with Crippen LogP contribution in [0, 0.1) is 12.8 Å². The number of hydrogen-bond acceptors (Lipinski definition) is 1. The molecule has 6 aromatic rings. The molecule has 0 saturated heterocycles. The van der Waals surface area contributed by atoms with Crippen LogP contribution in [0.4, 0.5) is 0 Å². The highest BCUT2D eigenvalue weighted by molar-refractivity contribution is 7.20. The van der Waals surface area contributed by atoms with Gasteiger partial charge in [-0.15, -0.1) is 11.3 Å². The lowest BCUT2D eigenvalue weighted by Gasteiger charge is -2.34. The number of allylic oxidation sites excluding steroid dienone is 3. The minimum Gasteiger partial charge on any atom is -0.135 e. The molecule has 2 aliphatic carbocycles. The molecule has 2 aliphatic rings. The summed E-state index contributed by atoms with van der Waals surface area (Å²) >= 11 is 1.93. The Kier molecular flexibility index (Phi) is 6.31. The van der Waals surface area contributed by atoms with Gasteiger partial charge in [-0.1, -0.05) is 140 Å². The summed E-state index contributed by atoms with van der Waals surface area (Å²) in [5, 5.41) is 1.36. The zero-order chi connectivity index (χ0) is 29.0. The van der Waals surface area contributed by atoms with Gasteiger partial charge in [0.15, 0.2) is 0 Å². The van der Waals surface area contributed by atoms with Gasteiger partial charge in [0.25, 0.3) is 0 Å². The average Bonchev–Trinajstić information content (AvgIpc) is 3.58. The molecule has 43 heavy (non-hydrogen) atoms. The second kappa shape index (κ2) is 10.4. The molecule has 0 N–H and O–H groups in total. The quantitative estimate of drug-likeness (QED) is 0.181. The topological polar surface area (TPSA) is 0 Å². The Labute approximate surface area is 258 Å². The van der Waals surface area contributed by atoms with Crippen molar-refractivity contribution in [2.75, 3.05) is 0 Å². The maximum Gasteiger partial charge on any atom is 0.0713 e. The van der Waals surface area contributed by atoms with Crippen molar-refractivity contribution in [2.45, 2.75) is 31.6 Å². The van der Waals surface area contributed by atoms with E-state index < -0.39 is 0 Å². The van der Waals surface area contributed by atoms with Crippen LogP contribution in [-0.4, -0.2) is 0 Å².